The highest BCUT2D eigenvalue weighted by atomic mass is 32.2. The molecule has 0 aliphatic heterocycles. The van der Waals surface area contributed by atoms with Crippen LogP contribution >= 0.6 is 23.1 Å². The maximum atomic E-state index is 12.5. The average molecular weight is 446 g/mol. The average Bonchev–Trinajstić information content (AvgIpc) is 3.06. The van der Waals surface area contributed by atoms with Crippen LogP contribution in [0.3, 0.4) is 0 Å². The van der Waals surface area contributed by atoms with Gasteiger partial charge < -0.3 is 10.3 Å². The first-order valence-electron chi connectivity index (χ1n) is 9.92. The number of hydrogen-bond donors (Lipinski definition) is 3. The normalized spacial score (nSPS) is 15.9. The molecule has 0 unspecified atom stereocenters. The van der Waals surface area contributed by atoms with Crippen LogP contribution in [0.2, 0.25) is 0 Å². The van der Waals surface area contributed by atoms with Crippen molar-refractivity contribution in [3.8, 4) is 0 Å². The van der Waals surface area contributed by atoms with Crippen molar-refractivity contribution < 1.29 is 4.79 Å². The summed E-state index contributed by atoms with van der Waals surface area (Å²) in [5.41, 5.74) is 0.488. The van der Waals surface area contributed by atoms with Crippen molar-refractivity contribution in [2.45, 2.75) is 51.5 Å². The fraction of sp³-hybridized carbons (Fsp3) is 0.450. The lowest BCUT2D eigenvalue weighted by atomic mass is 9.89. The van der Waals surface area contributed by atoms with Crippen LogP contribution in [0.25, 0.3) is 10.2 Å². The highest BCUT2D eigenvalue weighted by Crippen LogP contribution is 2.41. The second kappa shape index (κ2) is 8.35. The van der Waals surface area contributed by atoms with Gasteiger partial charge in [0.15, 0.2) is 0 Å². The van der Waals surface area contributed by atoms with Crippen molar-refractivity contribution in [3.05, 3.63) is 42.8 Å². The highest BCUT2D eigenvalue weighted by molar-refractivity contribution is 8.00. The van der Waals surface area contributed by atoms with Crippen molar-refractivity contribution in [2.75, 3.05) is 11.1 Å². The number of thiophene rings is 1. The molecule has 0 fully saturated rings. The van der Waals surface area contributed by atoms with Crippen molar-refractivity contribution in [1.82, 2.24) is 19.9 Å². The minimum Gasteiger partial charge on any atom is -0.319 e. The smallest absolute Gasteiger partial charge is 0.319 e. The number of H-pyrrole nitrogens is 2. The van der Waals surface area contributed by atoms with Gasteiger partial charge in [-0.1, -0.05) is 25.6 Å². The molecule has 0 saturated carbocycles. The molecule has 0 radical (unpaired) electrons. The van der Waals surface area contributed by atoms with Gasteiger partial charge in [0.25, 0.3) is 5.56 Å². The zero-order chi connectivity index (χ0) is 21.4. The Bertz CT molecular complexity index is 1240. The fourth-order valence-corrected chi connectivity index (χ4v) is 6.01. The topological polar surface area (TPSA) is 121 Å². The van der Waals surface area contributed by atoms with Gasteiger partial charge in [0.05, 0.1) is 5.75 Å². The summed E-state index contributed by atoms with van der Waals surface area (Å²) in [7, 11) is 0. The molecule has 3 aromatic heterocycles. The maximum absolute atomic E-state index is 12.5. The number of fused-ring (bicyclic) bond motifs is 3. The van der Waals surface area contributed by atoms with Crippen LogP contribution in [0.5, 0.6) is 0 Å². The molecule has 30 heavy (non-hydrogen) atoms. The first-order valence-corrected chi connectivity index (χ1v) is 11.7. The summed E-state index contributed by atoms with van der Waals surface area (Å²) < 4.78 is 0. The Labute approximate surface area is 180 Å². The van der Waals surface area contributed by atoms with E-state index in [9.17, 15) is 14.4 Å². The van der Waals surface area contributed by atoms with Gasteiger partial charge in [0, 0.05) is 22.4 Å². The van der Waals surface area contributed by atoms with E-state index in [0.717, 1.165) is 46.8 Å². The zero-order valence-corrected chi connectivity index (χ0v) is 18.7. The van der Waals surface area contributed by atoms with E-state index in [4.69, 9.17) is 9.97 Å². The van der Waals surface area contributed by atoms with E-state index in [0.29, 0.717) is 11.6 Å². The summed E-state index contributed by atoms with van der Waals surface area (Å²) in [5, 5.41) is 4.50. The third kappa shape index (κ3) is 4.06. The van der Waals surface area contributed by atoms with Crippen LogP contribution in [-0.4, -0.2) is 31.6 Å². The second-order valence-electron chi connectivity index (χ2n) is 7.58. The van der Waals surface area contributed by atoms with E-state index < -0.39 is 11.2 Å². The van der Waals surface area contributed by atoms with Crippen molar-refractivity contribution in [3.63, 3.8) is 0 Å². The van der Waals surface area contributed by atoms with E-state index in [-0.39, 0.29) is 17.3 Å². The largest absolute Gasteiger partial charge is 0.326 e. The molecule has 1 atom stereocenters. The Kier molecular flexibility index (Phi) is 5.79. The predicted octanol–water partition coefficient (Wildman–Crippen LogP) is 2.79. The van der Waals surface area contributed by atoms with Crippen LogP contribution in [0.15, 0.2) is 14.6 Å². The molecule has 3 aromatic rings. The number of carbonyl (C=O) groups excluding carboxylic acids is 1. The number of hydrogen-bond acceptors (Lipinski definition) is 7. The van der Waals surface area contributed by atoms with Gasteiger partial charge in [-0.15, -0.1) is 11.3 Å². The summed E-state index contributed by atoms with van der Waals surface area (Å²) in [6.45, 7) is 5.86. The van der Waals surface area contributed by atoms with Gasteiger partial charge in [-0.3, -0.25) is 14.6 Å². The molecule has 1 amide bonds. The number of thioether (sulfide) groups is 1. The van der Waals surface area contributed by atoms with Gasteiger partial charge in [0.2, 0.25) is 5.91 Å². The third-order valence-corrected chi connectivity index (χ3v) is 7.34. The number of anilines is 1. The molecule has 1 aliphatic rings. The maximum Gasteiger partial charge on any atom is 0.326 e. The van der Waals surface area contributed by atoms with Crippen LogP contribution < -0.4 is 16.6 Å². The third-order valence-electron chi connectivity index (χ3n) is 5.22. The Morgan fingerprint density at radius 2 is 2.10 bits per heavy atom. The van der Waals surface area contributed by atoms with E-state index in [2.05, 4.69) is 22.2 Å². The van der Waals surface area contributed by atoms with Crippen LogP contribution in [0.1, 0.15) is 42.2 Å². The number of nitrogens with one attached hydrogen (secondary N) is 3. The van der Waals surface area contributed by atoms with E-state index in [1.807, 2.05) is 6.92 Å². The quantitative estimate of drug-likeness (QED) is 0.410. The molecule has 3 heterocycles. The molecular formula is C20H23N5O3S2. The SMILES string of the molecule is CCc1nc(SCC(=O)Nc2c(C)[nH]c(=O)[nH]c2=O)c2c3c(sc2n1)C[C@H](C)CC3. The molecule has 0 spiro atoms. The molecule has 4 rings (SSSR count). The van der Waals surface area contributed by atoms with Crippen molar-refractivity contribution in [1.29, 1.82) is 0 Å². The number of aromatic nitrogens is 4. The summed E-state index contributed by atoms with van der Waals surface area (Å²) in [6, 6.07) is 0. The standard InChI is InChI=1S/C20H23N5O3S2/c1-4-13-22-18(15-11-6-5-9(2)7-12(11)30-19(15)23-13)29-8-14(26)24-16-10(3)21-20(28)25-17(16)27/h9H,4-8H2,1-3H3,(H,24,26)(H2,21,25,27,28)/t9-/m1/s1. The predicted molar refractivity (Wildman–Crippen MR) is 120 cm³/mol. The first-order chi connectivity index (χ1) is 14.4. The number of carbonyl (C=O) groups is 1. The van der Waals surface area contributed by atoms with Crippen LogP contribution in [0.4, 0.5) is 5.69 Å². The van der Waals surface area contributed by atoms with Crippen LogP contribution in [-0.2, 0) is 24.1 Å². The lowest BCUT2D eigenvalue weighted by Gasteiger charge is -2.18. The van der Waals surface area contributed by atoms with Crippen molar-refractivity contribution >= 4 is 44.9 Å². The molecule has 8 nitrogen and oxygen atoms in total. The number of nitrogens with zero attached hydrogens (tertiary/aromatic N) is 2. The lowest BCUT2D eigenvalue weighted by Crippen LogP contribution is -2.29. The Morgan fingerprint density at radius 3 is 2.83 bits per heavy atom. The van der Waals surface area contributed by atoms with Gasteiger partial charge in [-0.25, -0.2) is 14.8 Å². The van der Waals surface area contributed by atoms with E-state index in [1.165, 1.54) is 22.2 Å². The van der Waals surface area contributed by atoms with Crippen LogP contribution in [0, 0.1) is 12.8 Å². The van der Waals surface area contributed by atoms with Gasteiger partial charge in [-0.2, -0.15) is 0 Å². The minimum atomic E-state index is -0.617. The number of amides is 1. The summed E-state index contributed by atoms with van der Waals surface area (Å²) >= 11 is 3.10. The zero-order valence-electron chi connectivity index (χ0n) is 17.0. The molecule has 158 valence electrons. The number of aryl methyl sites for hydroxylation is 3. The summed E-state index contributed by atoms with van der Waals surface area (Å²) in [4.78, 5) is 52.2. The molecule has 0 aromatic carbocycles. The summed E-state index contributed by atoms with van der Waals surface area (Å²) in [5.74, 6) is 1.21. The Hall–Kier alpha value is -2.46. The number of aromatic amines is 2. The van der Waals surface area contributed by atoms with E-state index >= 15 is 0 Å². The molecule has 0 bridgehead atoms. The fourth-order valence-electron chi connectivity index (χ4n) is 3.67. The molecule has 0 saturated heterocycles. The molecule has 10 heteroatoms. The Morgan fingerprint density at radius 1 is 1.30 bits per heavy atom. The second-order valence-corrected chi connectivity index (χ2v) is 9.62. The monoisotopic (exact) mass is 445 g/mol. The van der Waals surface area contributed by atoms with Gasteiger partial charge in [0.1, 0.15) is 21.4 Å². The van der Waals surface area contributed by atoms with Crippen molar-refractivity contribution in [2.24, 2.45) is 5.92 Å². The molecule has 3 N–H and O–H groups in total. The van der Waals surface area contributed by atoms with Gasteiger partial charge >= 0.3 is 5.69 Å². The summed E-state index contributed by atoms with van der Waals surface area (Å²) in [6.07, 6.45) is 3.95. The minimum absolute atomic E-state index is 0.0594. The number of rotatable bonds is 5. The molecular weight excluding hydrogens is 422 g/mol. The van der Waals surface area contributed by atoms with Gasteiger partial charge in [-0.05, 0) is 37.7 Å². The highest BCUT2D eigenvalue weighted by Gasteiger charge is 2.24. The Balaban J connectivity index is 1.60. The lowest BCUT2D eigenvalue weighted by molar-refractivity contribution is -0.113. The van der Waals surface area contributed by atoms with E-state index in [1.54, 1.807) is 18.3 Å². The molecule has 1 aliphatic carbocycles. The first kappa shape index (κ1) is 20.8.